The van der Waals surface area contributed by atoms with Crippen molar-refractivity contribution in [3.63, 3.8) is 0 Å². The minimum Gasteiger partial charge on any atom is -0.469 e. The number of methoxy groups -OCH3 is 1. The number of aromatic nitrogens is 2. The quantitative estimate of drug-likeness (QED) is 0.818. The van der Waals surface area contributed by atoms with Gasteiger partial charge in [0, 0.05) is 16.8 Å². The van der Waals surface area contributed by atoms with Gasteiger partial charge in [0.1, 0.15) is 0 Å². The normalized spacial score (nSPS) is 29.4. The van der Waals surface area contributed by atoms with E-state index in [2.05, 4.69) is 11.3 Å². The maximum Gasteiger partial charge on any atom is 0.312 e. The van der Waals surface area contributed by atoms with Gasteiger partial charge in [-0.3, -0.25) is 9.48 Å². The molecule has 0 radical (unpaired) electrons. The van der Waals surface area contributed by atoms with Gasteiger partial charge in [0.15, 0.2) is 0 Å². The van der Waals surface area contributed by atoms with Crippen LogP contribution in [0.15, 0.2) is 36.7 Å². The Bertz CT molecular complexity index is 700. The molecule has 0 saturated heterocycles. The first kappa shape index (κ1) is 12.9. The van der Waals surface area contributed by atoms with Crippen LogP contribution in [0.2, 0.25) is 5.02 Å². The topological polar surface area (TPSA) is 44.1 Å². The molecular formula is C16H15ClN2O2. The predicted molar refractivity (Wildman–Crippen MR) is 78.9 cm³/mol. The molecule has 3 fully saturated rings. The highest BCUT2D eigenvalue weighted by atomic mass is 35.5. The molecule has 0 spiro atoms. The molecule has 0 aliphatic heterocycles. The fraction of sp³-hybridized carbons (Fsp3) is 0.375. The van der Waals surface area contributed by atoms with Gasteiger partial charge in [-0.1, -0.05) is 23.7 Å². The van der Waals surface area contributed by atoms with E-state index >= 15 is 0 Å². The molecule has 3 aliphatic carbocycles. The van der Waals surface area contributed by atoms with E-state index in [-0.39, 0.29) is 16.9 Å². The summed E-state index contributed by atoms with van der Waals surface area (Å²) in [6.07, 6.45) is 6.45. The van der Waals surface area contributed by atoms with Crippen molar-refractivity contribution in [1.82, 2.24) is 9.78 Å². The van der Waals surface area contributed by atoms with Crippen LogP contribution in [0.1, 0.15) is 19.3 Å². The van der Waals surface area contributed by atoms with Crippen LogP contribution in [0.4, 0.5) is 0 Å². The van der Waals surface area contributed by atoms with Crippen LogP contribution in [0.3, 0.4) is 0 Å². The van der Waals surface area contributed by atoms with Crippen LogP contribution in [0.25, 0.3) is 11.1 Å². The number of nitrogens with zero attached hydrogens (tertiary/aromatic N) is 2. The van der Waals surface area contributed by atoms with Gasteiger partial charge in [-0.15, -0.1) is 0 Å². The van der Waals surface area contributed by atoms with Gasteiger partial charge in [-0.2, -0.15) is 5.10 Å². The van der Waals surface area contributed by atoms with Gasteiger partial charge in [0.2, 0.25) is 0 Å². The Hall–Kier alpha value is -1.81. The summed E-state index contributed by atoms with van der Waals surface area (Å²) in [7, 11) is 1.46. The van der Waals surface area contributed by atoms with Gasteiger partial charge in [0.25, 0.3) is 0 Å². The maximum atomic E-state index is 11.7. The van der Waals surface area contributed by atoms with E-state index in [1.807, 2.05) is 35.1 Å². The summed E-state index contributed by atoms with van der Waals surface area (Å²) < 4.78 is 6.90. The highest BCUT2D eigenvalue weighted by Crippen LogP contribution is 2.71. The van der Waals surface area contributed by atoms with Gasteiger partial charge in [-0.25, -0.2) is 0 Å². The number of esters is 1. The number of hydrogen-bond donors (Lipinski definition) is 0. The average molecular weight is 303 g/mol. The number of halogens is 1. The summed E-state index contributed by atoms with van der Waals surface area (Å²) in [5.41, 5.74) is 1.96. The number of hydrogen-bond acceptors (Lipinski definition) is 3. The minimum absolute atomic E-state index is 0.0267. The summed E-state index contributed by atoms with van der Waals surface area (Å²) in [6.45, 7) is 0. The minimum atomic E-state index is -0.235. The van der Waals surface area contributed by atoms with Gasteiger partial charge in [-0.05, 0) is 37.0 Å². The number of rotatable bonds is 3. The zero-order chi connectivity index (χ0) is 14.7. The van der Waals surface area contributed by atoms with Crippen LogP contribution in [-0.4, -0.2) is 22.9 Å². The summed E-state index contributed by atoms with van der Waals surface area (Å²) in [4.78, 5) is 11.7. The third-order valence-electron chi connectivity index (χ3n) is 4.87. The lowest BCUT2D eigenvalue weighted by atomic mass is 9.39. The van der Waals surface area contributed by atoms with E-state index in [1.165, 1.54) is 7.11 Å². The second-order valence-electron chi connectivity index (χ2n) is 6.21. The molecule has 1 aromatic carbocycles. The standard InChI is InChI=1S/C16H15ClN2O2/c1-21-14(20)15-8-16(9-15,10-15)19-7-12(6-18-19)11-2-4-13(17)5-3-11/h2-7H,8-10H2,1H3. The first-order chi connectivity index (χ1) is 10.1. The number of benzene rings is 1. The zero-order valence-corrected chi connectivity index (χ0v) is 12.4. The van der Waals surface area contributed by atoms with Crippen LogP contribution < -0.4 is 0 Å². The summed E-state index contributed by atoms with van der Waals surface area (Å²) >= 11 is 5.91. The molecule has 0 N–H and O–H groups in total. The highest BCUT2D eigenvalue weighted by Gasteiger charge is 2.73. The SMILES string of the molecule is COC(=O)C12CC(n3cc(-c4ccc(Cl)cc4)cn3)(C1)C2. The molecule has 5 rings (SSSR count). The molecule has 2 aromatic rings. The summed E-state index contributed by atoms with van der Waals surface area (Å²) in [6, 6.07) is 7.73. The summed E-state index contributed by atoms with van der Waals surface area (Å²) in [5.74, 6) is -0.0746. The molecule has 4 nitrogen and oxygen atoms in total. The Morgan fingerprint density at radius 1 is 1.24 bits per heavy atom. The van der Waals surface area contributed by atoms with E-state index in [4.69, 9.17) is 16.3 Å². The van der Waals surface area contributed by atoms with Crippen molar-refractivity contribution in [2.24, 2.45) is 5.41 Å². The van der Waals surface area contributed by atoms with Crippen LogP contribution in [-0.2, 0) is 15.1 Å². The van der Waals surface area contributed by atoms with Gasteiger partial charge >= 0.3 is 5.97 Å². The molecule has 21 heavy (non-hydrogen) atoms. The van der Waals surface area contributed by atoms with Gasteiger partial charge < -0.3 is 4.74 Å². The largest absolute Gasteiger partial charge is 0.469 e. The van der Waals surface area contributed by atoms with E-state index < -0.39 is 0 Å². The second-order valence-corrected chi connectivity index (χ2v) is 6.64. The fourth-order valence-electron chi connectivity index (χ4n) is 3.78. The number of carbonyl (C=O) groups excluding carboxylic acids is 1. The molecule has 1 aromatic heterocycles. The van der Waals surface area contributed by atoms with Crippen molar-refractivity contribution in [2.45, 2.75) is 24.8 Å². The first-order valence-electron chi connectivity index (χ1n) is 6.97. The Balaban J connectivity index is 1.55. The molecule has 1 heterocycles. The van der Waals surface area contributed by atoms with Crippen molar-refractivity contribution in [3.05, 3.63) is 41.7 Å². The molecule has 0 amide bonds. The van der Waals surface area contributed by atoms with Gasteiger partial charge in [0.05, 0.1) is 24.3 Å². The zero-order valence-electron chi connectivity index (χ0n) is 11.7. The van der Waals surface area contributed by atoms with Crippen molar-refractivity contribution >= 4 is 17.6 Å². The van der Waals surface area contributed by atoms with Crippen molar-refractivity contribution in [1.29, 1.82) is 0 Å². The molecule has 5 heteroatoms. The molecule has 0 atom stereocenters. The van der Waals surface area contributed by atoms with Crippen molar-refractivity contribution < 1.29 is 9.53 Å². The third-order valence-corrected chi connectivity index (χ3v) is 5.12. The van der Waals surface area contributed by atoms with E-state index in [0.717, 1.165) is 35.4 Å². The van der Waals surface area contributed by atoms with Crippen LogP contribution >= 0.6 is 11.6 Å². The molecule has 3 saturated carbocycles. The monoisotopic (exact) mass is 302 g/mol. The number of ether oxygens (including phenoxy) is 1. The van der Waals surface area contributed by atoms with Crippen molar-refractivity contribution in [3.8, 4) is 11.1 Å². The average Bonchev–Trinajstić information content (AvgIpc) is 2.86. The second kappa shape index (κ2) is 4.10. The third kappa shape index (κ3) is 1.69. The Labute approximate surface area is 127 Å². The molecular weight excluding hydrogens is 288 g/mol. The Morgan fingerprint density at radius 3 is 2.52 bits per heavy atom. The highest BCUT2D eigenvalue weighted by molar-refractivity contribution is 6.30. The molecule has 0 unspecified atom stereocenters. The molecule has 108 valence electrons. The predicted octanol–water partition coefficient (Wildman–Crippen LogP) is 3.26. The van der Waals surface area contributed by atoms with E-state index in [1.54, 1.807) is 0 Å². The lowest BCUT2D eigenvalue weighted by Gasteiger charge is -2.67. The van der Waals surface area contributed by atoms with E-state index in [0.29, 0.717) is 0 Å². The van der Waals surface area contributed by atoms with Crippen LogP contribution in [0, 0.1) is 5.41 Å². The Kier molecular flexibility index (Phi) is 2.52. The number of carbonyl (C=O) groups is 1. The lowest BCUT2D eigenvalue weighted by molar-refractivity contribution is -0.219. The molecule has 2 bridgehead atoms. The van der Waals surface area contributed by atoms with Crippen molar-refractivity contribution in [2.75, 3.05) is 7.11 Å². The van der Waals surface area contributed by atoms with E-state index in [9.17, 15) is 4.79 Å². The molecule has 3 aliphatic rings. The summed E-state index contributed by atoms with van der Waals surface area (Å²) in [5, 5.41) is 5.22. The Morgan fingerprint density at radius 2 is 1.90 bits per heavy atom. The maximum absolute atomic E-state index is 11.7. The lowest BCUT2D eigenvalue weighted by Crippen LogP contribution is -2.71. The van der Waals surface area contributed by atoms with Crippen LogP contribution in [0.5, 0.6) is 0 Å². The fourth-order valence-corrected chi connectivity index (χ4v) is 3.91. The first-order valence-corrected chi connectivity index (χ1v) is 7.34. The smallest absolute Gasteiger partial charge is 0.312 e.